The van der Waals surface area contributed by atoms with E-state index in [1.165, 1.54) is 27.7 Å². The molecular formula is C14H32HfO4. The summed E-state index contributed by atoms with van der Waals surface area (Å²) in [6.07, 6.45) is 4.08. The summed E-state index contributed by atoms with van der Waals surface area (Å²) in [4.78, 5) is 18.9. The summed E-state index contributed by atoms with van der Waals surface area (Å²) in [5.74, 6) is 0.333. The van der Waals surface area contributed by atoms with Crippen LogP contribution < -0.4 is 0 Å². The van der Waals surface area contributed by atoms with Gasteiger partial charge in [0, 0.05) is 39.1 Å². The molecule has 0 aliphatic heterocycles. The minimum absolute atomic E-state index is 0. The van der Waals surface area contributed by atoms with Gasteiger partial charge in [-0.25, -0.2) is 0 Å². The molecule has 5 heteroatoms. The summed E-state index contributed by atoms with van der Waals surface area (Å²) in [6, 6.07) is 0. The van der Waals surface area contributed by atoms with Gasteiger partial charge in [-0.3, -0.25) is 0 Å². The number of aliphatic hydroxyl groups excluding tert-OH is 2. The number of unbranched alkanes of at least 4 members (excludes halogenated alkanes) is 2. The van der Waals surface area contributed by atoms with Crippen LogP contribution in [-0.2, 0) is 35.4 Å². The molecular weight excluding hydrogens is 411 g/mol. The van der Waals surface area contributed by atoms with Gasteiger partial charge in [0.1, 0.15) is 11.6 Å². The van der Waals surface area contributed by atoms with Crippen LogP contribution in [0.3, 0.4) is 0 Å². The van der Waals surface area contributed by atoms with Gasteiger partial charge in [0.2, 0.25) is 0 Å². The smallest absolute Gasteiger partial charge is 0.126 e. The van der Waals surface area contributed by atoms with Gasteiger partial charge < -0.3 is 19.8 Å². The summed E-state index contributed by atoms with van der Waals surface area (Å²) < 4.78 is 0. The maximum absolute atomic E-state index is 9.44. The second-order valence-electron chi connectivity index (χ2n) is 3.97. The van der Waals surface area contributed by atoms with E-state index >= 15 is 0 Å². The summed E-state index contributed by atoms with van der Waals surface area (Å²) in [5, 5.41) is 16.1. The zero-order valence-electron chi connectivity index (χ0n) is 13.5. The number of Topliss-reactive ketones (excluding diaryl/α,β-unsaturated/α-hetero) is 2. The fourth-order valence-corrected chi connectivity index (χ4v) is 0.316. The Labute approximate surface area is 137 Å². The van der Waals surface area contributed by atoms with Crippen LogP contribution in [0.5, 0.6) is 0 Å². The van der Waals surface area contributed by atoms with Crippen molar-refractivity contribution in [1.82, 2.24) is 0 Å². The number of rotatable bonds is 4. The van der Waals surface area contributed by atoms with Crippen molar-refractivity contribution in [3.63, 3.8) is 0 Å². The zero-order chi connectivity index (χ0) is 15.4. The zero-order valence-corrected chi connectivity index (χ0v) is 17.0. The van der Waals surface area contributed by atoms with E-state index in [0.717, 1.165) is 25.7 Å². The molecule has 2 N–H and O–H groups in total. The van der Waals surface area contributed by atoms with E-state index < -0.39 is 0 Å². The minimum atomic E-state index is 0. The standard InChI is InChI=1S/2C4H10O.2C3H6O.Hf/c2*1-2-3-4-5;2*1-3(2)4;/h2*5H,2-4H2,1H3;2*1-2H3;. The molecule has 0 aliphatic rings. The van der Waals surface area contributed by atoms with Crippen LogP contribution in [0.4, 0.5) is 0 Å². The predicted octanol–water partition coefficient (Wildman–Crippen LogP) is 2.75. The molecule has 0 amide bonds. The van der Waals surface area contributed by atoms with Crippen molar-refractivity contribution in [3.8, 4) is 0 Å². The van der Waals surface area contributed by atoms with Crippen LogP contribution in [-0.4, -0.2) is 35.0 Å². The van der Waals surface area contributed by atoms with Crippen molar-refractivity contribution in [1.29, 1.82) is 0 Å². The summed E-state index contributed by atoms with van der Waals surface area (Å²) in [5.41, 5.74) is 0. The third kappa shape index (κ3) is 277. The summed E-state index contributed by atoms with van der Waals surface area (Å²) in [6.45, 7) is 10.9. The first-order chi connectivity index (χ1) is 8.29. The Hall–Kier alpha value is 0.130. The molecule has 0 saturated carbocycles. The molecule has 0 unspecified atom stereocenters. The second-order valence-corrected chi connectivity index (χ2v) is 3.97. The second kappa shape index (κ2) is 36.2. The van der Waals surface area contributed by atoms with E-state index in [-0.39, 0.29) is 37.4 Å². The van der Waals surface area contributed by atoms with Crippen molar-refractivity contribution < 1.29 is 45.6 Å². The van der Waals surface area contributed by atoms with Gasteiger partial charge in [0.15, 0.2) is 0 Å². The average Bonchev–Trinajstić information content (AvgIpc) is 2.19. The molecule has 0 rings (SSSR count). The van der Waals surface area contributed by atoms with E-state index in [1.54, 1.807) is 0 Å². The Morgan fingerprint density at radius 1 is 0.737 bits per heavy atom. The Morgan fingerprint density at radius 3 is 0.895 bits per heavy atom. The van der Waals surface area contributed by atoms with Crippen molar-refractivity contribution in [3.05, 3.63) is 0 Å². The van der Waals surface area contributed by atoms with Crippen LogP contribution in [0, 0.1) is 0 Å². The van der Waals surface area contributed by atoms with Crippen LogP contribution in [0.25, 0.3) is 0 Å². The number of carbonyl (C=O) groups excluding carboxylic acids is 2. The van der Waals surface area contributed by atoms with E-state index in [2.05, 4.69) is 13.8 Å². The van der Waals surface area contributed by atoms with Crippen LogP contribution in [0.15, 0.2) is 0 Å². The Kier molecular flexibility index (Phi) is 59.9. The summed E-state index contributed by atoms with van der Waals surface area (Å²) in [7, 11) is 0. The van der Waals surface area contributed by atoms with Gasteiger partial charge in [0.05, 0.1) is 0 Å². The van der Waals surface area contributed by atoms with Gasteiger partial charge in [-0.1, -0.05) is 26.7 Å². The quantitative estimate of drug-likeness (QED) is 0.656. The van der Waals surface area contributed by atoms with Crippen molar-refractivity contribution >= 4 is 11.6 Å². The van der Waals surface area contributed by atoms with E-state index in [1.807, 2.05) is 0 Å². The fraction of sp³-hybridized carbons (Fsp3) is 0.857. The van der Waals surface area contributed by atoms with Gasteiger partial charge in [-0.15, -0.1) is 0 Å². The SMILES string of the molecule is CC(C)=O.CC(C)=O.CCCCO.CCCCO.[Hf]. The molecule has 0 bridgehead atoms. The Bertz CT molecular complexity index is 132. The maximum atomic E-state index is 9.44. The van der Waals surface area contributed by atoms with Crippen molar-refractivity contribution in [2.24, 2.45) is 0 Å². The van der Waals surface area contributed by atoms with Crippen molar-refractivity contribution in [2.45, 2.75) is 67.2 Å². The van der Waals surface area contributed by atoms with Crippen LogP contribution in [0.1, 0.15) is 67.2 Å². The molecule has 0 aliphatic carbocycles. The van der Waals surface area contributed by atoms with E-state index in [9.17, 15) is 9.59 Å². The number of hydrogen-bond donors (Lipinski definition) is 2. The van der Waals surface area contributed by atoms with Crippen LogP contribution >= 0.6 is 0 Å². The molecule has 0 heterocycles. The Balaban J connectivity index is -0.0000000453. The molecule has 0 aromatic heterocycles. The van der Waals surface area contributed by atoms with Crippen molar-refractivity contribution in [2.75, 3.05) is 13.2 Å². The number of hydrogen-bond acceptors (Lipinski definition) is 4. The number of aliphatic hydroxyl groups is 2. The molecule has 0 saturated heterocycles. The number of carbonyl (C=O) groups is 2. The first-order valence-corrected chi connectivity index (χ1v) is 6.45. The largest absolute Gasteiger partial charge is 0.396 e. The topological polar surface area (TPSA) is 74.6 Å². The minimum Gasteiger partial charge on any atom is -0.396 e. The third-order valence-electron chi connectivity index (χ3n) is 1.02. The van der Waals surface area contributed by atoms with Gasteiger partial charge in [-0.05, 0) is 40.5 Å². The van der Waals surface area contributed by atoms with Gasteiger partial charge >= 0.3 is 0 Å². The molecule has 0 aromatic rings. The Morgan fingerprint density at radius 2 is 0.895 bits per heavy atom. The molecule has 0 radical (unpaired) electrons. The molecule has 0 spiro atoms. The first-order valence-electron chi connectivity index (χ1n) is 6.45. The predicted molar refractivity (Wildman–Crippen MR) is 76.7 cm³/mol. The molecule has 0 fully saturated rings. The van der Waals surface area contributed by atoms with E-state index in [0.29, 0.717) is 13.2 Å². The monoisotopic (exact) mass is 444 g/mol. The number of ketones is 2. The average molecular weight is 443 g/mol. The van der Waals surface area contributed by atoms with E-state index in [4.69, 9.17) is 10.2 Å². The third-order valence-corrected chi connectivity index (χ3v) is 1.02. The maximum Gasteiger partial charge on any atom is 0.126 e. The first kappa shape index (κ1) is 31.5. The molecule has 0 atom stereocenters. The van der Waals surface area contributed by atoms with Gasteiger partial charge in [-0.2, -0.15) is 0 Å². The summed E-state index contributed by atoms with van der Waals surface area (Å²) >= 11 is 0. The fourth-order valence-electron chi connectivity index (χ4n) is 0.316. The molecule has 4 nitrogen and oxygen atoms in total. The molecule has 19 heavy (non-hydrogen) atoms. The van der Waals surface area contributed by atoms with Gasteiger partial charge in [0.25, 0.3) is 0 Å². The molecule has 116 valence electrons. The molecule has 0 aromatic carbocycles. The normalized spacial score (nSPS) is 7.16. The van der Waals surface area contributed by atoms with Crippen LogP contribution in [0.2, 0.25) is 0 Å².